The Kier molecular flexibility index (Phi) is 21.5. The van der Waals surface area contributed by atoms with Crippen molar-refractivity contribution < 1.29 is 19.1 Å². The van der Waals surface area contributed by atoms with Gasteiger partial charge >= 0.3 is 11.9 Å². The van der Waals surface area contributed by atoms with Crippen LogP contribution in [0.3, 0.4) is 0 Å². The Hall–Kier alpha value is -1.06. The van der Waals surface area contributed by atoms with Crippen molar-refractivity contribution >= 4 is 11.9 Å². The van der Waals surface area contributed by atoms with Crippen molar-refractivity contribution in [3.05, 3.63) is 0 Å². The van der Waals surface area contributed by atoms with Crippen molar-refractivity contribution in [3.8, 4) is 0 Å². The van der Waals surface area contributed by atoms with Crippen LogP contribution < -0.4 is 0 Å². The molecule has 2 atom stereocenters. The molecule has 4 nitrogen and oxygen atoms in total. The molecule has 0 aromatic heterocycles. The molecule has 0 saturated heterocycles. The Morgan fingerprint density at radius 3 is 1.49 bits per heavy atom. The first-order chi connectivity index (χ1) is 16.8. The van der Waals surface area contributed by atoms with Gasteiger partial charge in [-0.25, -0.2) is 0 Å². The molecule has 35 heavy (non-hydrogen) atoms. The number of rotatable bonds is 24. The summed E-state index contributed by atoms with van der Waals surface area (Å²) in [6.45, 7) is 13.7. The van der Waals surface area contributed by atoms with Crippen LogP contribution in [0.2, 0.25) is 0 Å². The average molecular weight is 497 g/mol. The number of ether oxygens (including phenoxy) is 2. The van der Waals surface area contributed by atoms with Gasteiger partial charge in [-0.1, -0.05) is 105 Å². The van der Waals surface area contributed by atoms with Gasteiger partial charge in [-0.3, -0.25) is 9.59 Å². The molecule has 4 heteroatoms. The fourth-order valence-corrected chi connectivity index (χ4v) is 4.52. The summed E-state index contributed by atoms with van der Waals surface area (Å²) in [5.41, 5.74) is -0.668. The molecular formula is C31H60O4. The van der Waals surface area contributed by atoms with E-state index in [0.29, 0.717) is 31.5 Å². The summed E-state index contributed by atoms with van der Waals surface area (Å²) in [5.74, 6) is 0.551. The Morgan fingerprint density at radius 1 is 0.600 bits per heavy atom. The molecule has 0 aliphatic carbocycles. The van der Waals surface area contributed by atoms with E-state index in [2.05, 4.69) is 27.7 Å². The molecule has 0 radical (unpaired) electrons. The molecule has 0 N–H and O–H groups in total. The second kappa shape index (κ2) is 22.2. The summed E-state index contributed by atoms with van der Waals surface area (Å²) < 4.78 is 11.4. The number of carbonyl (C=O) groups is 2. The van der Waals surface area contributed by atoms with E-state index in [-0.39, 0.29) is 18.4 Å². The SMILES string of the molecule is CCCCCCC(CCCC)COC(=O)CCC(C)(C)C(=O)OCC(CCCC)CCCCCC. The zero-order valence-corrected chi connectivity index (χ0v) is 24.4. The maximum atomic E-state index is 12.8. The monoisotopic (exact) mass is 496 g/mol. The molecule has 0 rings (SSSR count). The zero-order chi connectivity index (χ0) is 26.4. The van der Waals surface area contributed by atoms with E-state index in [0.717, 1.165) is 25.7 Å². The van der Waals surface area contributed by atoms with Gasteiger partial charge in [0.15, 0.2) is 0 Å². The van der Waals surface area contributed by atoms with Crippen molar-refractivity contribution in [2.45, 2.75) is 157 Å². The van der Waals surface area contributed by atoms with Gasteiger partial charge in [-0.05, 0) is 57.8 Å². The van der Waals surface area contributed by atoms with Crippen LogP contribution in [0.4, 0.5) is 0 Å². The molecule has 0 aromatic rings. The van der Waals surface area contributed by atoms with Gasteiger partial charge < -0.3 is 9.47 Å². The lowest BCUT2D eigenvalue weighted by Gasteiger charge is -2.24. The first-order valence-electron chi connectivity index (χ1n) is 15.1. The van der Waals surface area contributed by atoms with Crippen LogP contribution in [0.25, 0.3) is 0 Å². The van der Waals surface area contributed by atoms with E-state index in [1.807, 2.05) is 13.8 Å². The summed E-state index contributed by atoms with van der Waals surface area (Å²) in [6, 6.07) is 0. The Labute approximate surface area is 218 Å². The summed E-state index contributed by atoms with van der Waals surface area (Å²) in [6.07, 6.45) is 20.0. The number of hydrogen-bond acceptors (Lipinski definition) is 4. The maximum absolute atomic E-state index is 12.8. The summed E-state index contributed by atoms with van der Waals surface area (Å²) in [4.78, 5) is 25.3. The Bertz CT molecular complexity index is 514. The van der Waals surface area contributed by atoms with Gasteiger partial charge in [0.1, 0.15) is 0 Å². The third kappa shape index (κ3) is 18.8. The second-order valence-electron chi connectivity index (χ2n) is 11.4. The standard InChI is InChI=1S/C31H60O4/c1-7-11-15-17-21-27(19-13-9-3)25-34-29(32)23-24-31(5,6)30(33)35-26-28(20-14-10-4)22-18-16-12-8-2/h27-28H,7-26H2,1-6H3. The highest BCUT2D eigenvalue weighted by molar-refractivity contribution is 5.77. The Morgan fingerprint density at radius 2 is 1.03 bits per heavy atom. The fourth-order valence-electron chi connectivity index (χ4n) is 4.52. The predicted octanol–water partition coefficient (Wildman–Crippen LogP) is 9.43. The van der Waals surface area contributed by atoms with E-state index < -0.39 is 5.41 Å². The minimum absolute atomic E-state index is 0.183. The molecule has 0 saturated carbocycles. The van der Waals surface area contributed by atoms with Gasteiger partial charge in [0.05, 0.1) is 18.6 Å². The highest BCUT2D eigenvalue weighted by Crippen LogP contribution is 2.26. The molecule has 208 valence electrons. The molecule has 0 spiro atoms. The highest BCUT2D eigenvalue weighted by atomic mass is 16.5. The van der Waals surface area contributed by atoms with Crippen LogP contribution in [0.15, 0.2) is 0 Å². The largest absolute Gasteiger partial charge is 0.465 e. The normalized spacial score (nSPS) is 13.4. The molecular weight excluding hydrogens is 436 g/mol. The van der Waals surface area contributed by atoms with Gasteiger partial charge in [-0.15, -0.1) is 0 Å². The molecule has 0 heterocycles. The minimum atomic E-state index is -0.668. The summed E-state index contributed by atoms with van der Waals surface area (Å²) in [7, 11) is 0. The molecule has 0 aliphatic heterocycles. The van der Waals surface area contributed by atoms with E-state index in [1.54, 1.807) is 0 Å². The lowest BCUT2D eigenvalue weighted by molar-refractivity contribution is -0.157. The molecule has 2 unspecified atom stereocenters. The van der Waals surface area contributed by atoms with E-state index in [1.165, 1.54) is 77.0 Å². The van der Waals surface area contributed by atoms with Crippen LogP contribution in [-0.2, 0) is 19.1 Å². The van der Waals surface area contributed by atoms with Crippen LogP contribution in [0, 0.1) is 17.3 Å². The molecule has 0 fully saturated rings. The van der Waals surface area contributed by atoms with Crippen molar-refractivity contribution in [1.29, 1.82) is 0 Å². The molecule has 0 aliphatic rings. The van der Waals surface area contributed by atoms with Crippen molar-refractivity contribution in [2.24, 2.45) is 17.3 Å². The van der Waals surface area contributed by atoms with Gasteiger partial charge in [0, 0.05) is 6.42 Å². The minimum Gasteiger partial charge on any atom is -0.465 e. The molecule has 0 bridgehead atoms. The topological polar surface area (TPSA) is 52.6 Å². The maximum Gasteiger partial charge on any atom is 0.311 e. The van der Waals surface area contributed by atoms with Crippen LogP contribution in [-0.4, -0.2) is 25.2 Å². The van der Waals surface area contributed by atoms with Gasteiger partial charge in [-0.2, -0.15) is 0 Å². The number of hydrogen-bond donors (Lipinski definition) is 0. The quantitative estimate of drug-likeness (QED) is 0.0986. The van der Waals surface area contributed by atoms with Crippen LogP contribution in [0.5, 0.6) is 0 Å². The first kappa shape index (κ1) is 33.9. The molecule has 0 aromatic carbocycles. The van der Waals surface area contributed by atoms with Crippen molar-refractivity contribution in [3.63, 3.8) is 0 Å². The third-order valence-electron chi connectivity index (χ3n) is 7.30. The van der Waals surface area contributed by atoms with E-state index in [4.69, 9.17) is 9.47 Å². The summed E-state index contributed by atoms with van der Waals surface area (Å²) >= 11 is 0. The lowest BCUT2D eigenvalue weighted by atomic mass is 9.88. The van der Waals surface area contributed by atoms with E-state index >= 15 is 0 Å². The average Bonchev–Trinajstić information content (AvgIpc) is 2.85. The molecule has 0 amide bonds. The van der Waals surface area contributed by atoms with Gasteiger partial charge in [0.25, 0.3) is 0 Å². The highest BCUT2D eigenvalue weighted by Gasteiger charge is 2.31. The summed E-state index contributed by atoms with van der Waals surface area (Å²) in [5, 5.41) is 0. The fraction of sp³-hybridized carbons (Fsp3) is 0.935. The first-order valence-corrected chi connectivity index (χ1v) is 15.1. The predicted molar refractivity (Wildman–Crippen MR) is 148 cm³/mol. The lowest BCUT2D eigenvalue weighted by Crippen LogP contribution is -2.29. The third-order valence-corrected chi connectivity index (χ3v) is 7.30. The van der Waals surface area contributed by atoms with E-state index in [9.17, 15) is 9.59 Å². The number of unbranched alkanes of at least 4 members (excludes halogenated alkanes) is 8. The van der Waals surface area contributed by atoms with Crippen molar-refractivity contribution in [2.75, 3.05) is 13.2 Å². The second-order valence-corrected chi connectivity index (χ2v) is 11.4. The Balaban J connectivity index is 4.46. The smallest absolute Gasteiger partial charge is 0.311 e. The van der Waals surface area contributed by atoms with Crippen LogP contribution in [0.1, 0.15) is 157 Å². The zero-order valence-electron chi connectivity index (χ0n) is 24.4. The number of esters is 2. The van der Waals surface area contributed by atoms with Crippen molar-refractivity contribution in [1.82, 2.24) is 0 Å². The number of carbonyl (C=O) groups excluding carboxylic acids is 2. The van der Waals surface area contributed by atoms with Crippen LogP contribution >= 0.6 is 0 Å². The van der Waals surface area contributed by atoms with Gasteiger partial charge in [0.2, 0.25) is 0 Å².